The highest BCUT2D eigenvalue weighted by molar-refractivity contribution is 5.76. The Kier molecular flexibility index (Phi) is 3.65. The molecule has 0 saturated heterocycles. The molecule has 108 valence electrons. The maximum absolute atomic E-state index is 5.50. The summed E-state index contributed by atoms with van der Waals surface area (Å²) in [5.41, 5.74) is 4.67. The molecular formula is C18H20N2O. The molecule has 0 aliphatic rings. The normalized spacial score (nSPS) is 11.0. The Morgan fingerprint density at radius 1 is 1.14 bits per heavy atom. The summed E-state index contributed by atoms with van der Waals surface area (Å²) in [6.07, 6.45) is 0.919. The van der Waals surface area contributed by atoms with Crippen molar-refractivity contribution in [3.05, 3.63) is 59.4 Å². The van der Waals surface area contributed by atoms with E-state index in [0.29, 0.717) is 0 Å². The monoisotopic (exact) mass is 280 g/mol. The number of nitrogens with zero attached hydrogens (tertiary/aromatic N) is 2. The van der Waals surface area contributed by atoms with E-state index < -0.39 is 0 Å². The average molecular weight is 280 g/mol. The molecule has 0 N–H and O–H groups in total. The minimum absolute atomic E-state index is 0.786. The lowest BCUT2D eigenvalue weighted by Crippen LogP contribution is -2.06. The summed E-state index contributed by atoms with van der Waals surface area (Å²) in [7, 11) is 1.72. The number of imidazole rings is 1. The molecule has 0 atom stereocenters. The van der Waals surface area contributed by atoms with Crippen LogP contribution in [-0.4, -0.2) is 16.7 Å². The summed E-state index contributed by atoms with van der Waals surface area (Å²) in [6, 6.07) is 14.6. The zero-order chi connectivity index (χ0) is 14.8. The first kappa shape index (κ1) is 13.7. The Hall–Kier alpha value is -2.29. The molecule has 1 heterocycles. The van der Waals surface area contributed by atoms with Crippen LogP contribution in [0, 0.1) is 6.92 Å². The van der Waals surface area contributed by atoms with Crippen molar-refractivity contribution in [2.75, 3.05) is 7.11 Å². The predicted octanol–water partition coefficient (Wildman–Crippen LogP) is 3.96. The number of methoxy groups -OCH3 is 1. The summed E-state index contributed by atoms with van der Waals surface area (Å²) < 4.78 is 7.79. The number of fused-ring (bicyclic) bond motifs is 1. The molecule has 3 rings (SSSR count). The first-order valence-electron chi connectivity index (χ1n) is 7.30. The molecule has 0 unspecified atom stereocenters. The Morgan fingerprint density at radius 3 is 2.71 bits per heavy atom. The third-order valence-electron chi connectivity index (χ3n) is 3.81. The van der Waals surface area contributed by atoms with Gasteiger partial charge >= 0.3 is 0 Å². The maximum atomic E-state index is 5.50. The van der Waals surface area contributed by atoms with Gasteiger partial charge in [0.2, 0.25) is 0 Å². The van der Waals surface area contributed by atoms with Gasteiger partial charge in [-0.05, 0) is 25.1 Å². The van der Waals surface area contributed by atoms with Crippen LogP contribution in [-0.2, 0) is 13.0 Å². The highest BCUT2D eigenvalue weighted by Crippen LogP contribution is 2.24. The number of benzene rings is 2. The summed E-state index contributed by atoms with van der Waals surface area (Å²) in [5, 5.41) is 0. The lowest BCUT2D eigenvalue weighted by atomic mass is 10.1. The number of rotatable bonds is 4. The molecule has 3 nitrogen and oxygen atoms in total. The van der Waals surface area contributed by atoms with E-state index in [1.165, 1.54) is 16.6 Å². The van der Waals surface area contributed by atoms with Gasteiger partial charge in [-0.1, -0.05) is 36.8 Å². The second kappa shape index (κ2) is 5.60. The van der Waals surface area contributed by atoms with Gasteiger partial charge in [-0.25, -0.2) is 4.98 Å². The molecule has 3 aromatic rings. The highest BCUT2D eigenvalue weighted by atomic mass is 16.5. The van der Waals surface area contributed by atoms with Gasteiger partial charge in [0.05, 0.1) is 24.7 Å². The van der Waals surface area contributed by atoms with E-state index in [1.807, 2.05) is 12.1 Å². The fourth-order valence-corrected chi connectivity index (χ4v) is 2.77. The van der Waals surface area contributed by atoms with Crippen LogP contribution in [0.25, 0.3) is 11.0 Å². The quantitative estimate of drug-likeness (QED) is 0.723. The van der Waals surface area contributed by atoms with Crippen molar-refractivity contribution >= 4 is 11.0 Å². The van der Waals surface area contributed by atoms with Crippen molar-refractivity contribution in [3.8, 4) is 5.75 Å². The fourth-order valence-electron chi connectivity index (χ4n) is 2.77. The van der Waals surface area contributed by atoms with Crippen molar-refractivity contribution in [2.45, 2.75) is 26.8 Å². The molecular weight excluding hydrogens is 260 g/mol. The number of aromatic nitrogens is 2. The smallest absolute Gasteiger partial charge is 0.123 e. The zero-order valence-corrected chi connectivity index (χ0v) is 12.8. The molecule has 21 heavy (non-hydrogen) atoms. The molecule has 1 aromatic heterocycles. The Bertz CT molecular complexity index is 774. The first-order chi connectivity index (χ1) is 10.2. The predicted molar refractivity (Wildman–Crippen MR) is 85.9 cm³/mol. The number of ether oxygens (including phenoxy) is 1. The van der Waals surface area contributed by atoms with Crippen LogP contribution in [0.15, 0.2) is 42.5 Å². The number of hydrogen-bond acceptors (Lipinski definition) is 2. The number of hydrogen-bond donors (Lipinski definition) is 0. The molecule has 0 amide bonds. The summed E-state index contributed by atoms with van der Waals surface area (Å²) in [4.78, 5) is 4.73. The van der Waals surface area contributed by atoms with E-state index in [9.17, 15) is 0 Å². The molecule has 0 aliphatic heterocycles. The topological polar surface area (TPSA) is 27.1 Å². The summed E-state index contributed by atoms with van der Waals surface area (Å²) in [6.45, 7) is 5.04. The molecule has 2 aromatic carbocycles. The van der Waals surface area contributed by atoms with Crippen LogP contribution in [0.1, 0.15) is 23.9 Å². The van der Waals surface area contributed by atoms with Gasteiger partial charge in [0, 0.05) is 12.0 Å². The second-order valence-corrected chi connectivity index (χ2v) is 5.27. The van der Waals surface area contributed by atoms with Gasteiger partial charge < -0.3 is 9.30 Å². The fraction of sp³-hybridized carbons (Fsp3) is 0.278. The number of para-hydroxylation sites is 2. The van der Waals surface area contributed by atoms with Gasteiger partial charge in [-0.15, -0.1) is 0 Å². The molecule has 0 bridgehead atoms. The largest absolute Gasteiger partial charge is 0.496 e. The Balaban J connectivity index is 2.11. The molecule has 0 fully saturated rings. The molecule has 0 saturated carbocycles. The molecule has 0 radical (unpaired) electrons. The van der Waals surface area contributed by atoms with Gasteiger partial charge in [0.1, 0.15) is 11.6 Å². The molecule has 3 heteroatoms. The van der Waals surface area contributed by atoms with Crippen molar-refractivity contribution in [2.24, 2.45) is 0 Å². The van der Waals surface area contributed by atoms with Crippen LogP contribution < -0.4 is 4.74 Å². The van der Waals surface area contributed by atoms with E-state index in [-0.39, 0.29) is 0 Å². The van der Waals surface area contributed by atoms with Gasteiger partial charge in [-0.2, -0.15) is 0 Å². The van der Waals surface area contributed by atoms with Crippen molar-refractivity contribution < 1.29 is 4.74 Å². The van der Waals surface area contributed by atoms with Crippen LogP contribution in [0.4, 0.5) is 0 Å². The van der Waals surface area contributed by atoms with E-state index in [2.05, 4.69) is 48.7 Å². The SMILES string of the molecule is CCc1nc2ccccc2n1Cc1cc(C)ccc1OC. The van der Waals surface area contributed by atoms with E-state index in [1.54, 1.807) is 7.11 Å². The molecule has 0 aliphatic carbocycles. The summed E-state index contributed by atoms with van der Waals surface area (Å²) >= 11 is 0. The van der Waals surface area contributed by atoms with Gasteiger partial charge in [0.15, 0.2) is 0 Å². The first-order valence-corrected chi connectivity index (χ1v) is 7.30. The van der Waals surface area contributed by atoms with Crippen molar-refractivity contribution in [1.29, 1.82) is 0 Å². The summed E-state index contributed by atoms with van der Waals surface area (Å²) in [5.74, 6) is 2.04. The zero-order valence-electron chi connectivity index (χ0n) is 12.8. The van der Waals surface area contributed by atoms with Crippen LogP contribution in [0.5, 0.6) is 5.75 Å². The minimum Gasteiger partial charge on any atom is -0.496 e. The third-order valence-corrected chi connectivity index (χ3v) is 3.81. The van der Waals surface area contributed by atoms with Crippen molar-refractivity contribution in [3.63, 3.8) is 0 Å². The minimum atomic E-state index is 0.786. The van der Waals surface area contributed by atoms with Gasteiger partial charge in [-0.3, -0.25) is 0 Å². The third kappa shape index (κ3) is 2.51. The van der Waals surface area contributed by atoms with Crippen molar-refractivity contribution in [1.82, 2.24) is 9.55 Å². The van der Waals surface area contributed by atoms with Crippen LogP contribution in [0.3, 0.4) is 0 Å². The van der Waals surface area contributed by atoms with E-state index in [0.717, 1.165) is 30.1 Å². The lowest BCUT2D eigenvalue weighted by Gasteiger charge is -2.13. The van der Waals surface area contributed by atoms with Crippen LogP contribution in [0.2, 0.25) is 0 Å². The van der Waals surface area contributed by atoms with Crippen LogP contribution >= 0.6 is 0 Å². The Morgan fingerprint density at radius 2 is 1.95 bits per heavy atom. The number of aryl methyl sites for hydroxylation is 2. The van der Waals surface area contributed by atoms with E-state index in [4.69, 9.17) is 9.72 Å². The standard InChI is InChI=1S/C18H20N2O/c1-4-18-19-15-7-5-6-8-16(15)20(18)12-14-11-13(2)9-10-17(14)21-3/h5-11H,4,12H2,1-3H3. The second-order valence-electron chi connectivity index (χ2n) is 5.27. The Labute approximate surface area is 125 Å². The highest BCUT2D eigenvalue weighted by Gasteiger charge is 2.11. The maximum Gasteiger partial charge on any atom is 0.123 e. The van der Waals surface area contributed by atoms with E-state index >= 15 is 0 Å². The average Bonchev–Trinajstić information content (AvgIpc) is 2.86. The van der Waals surface area contributed by atoms with Gasteiger partial charge in [0.25, 0.3) is 0 Å². The molecule has 0 spiro atoms. The lowest BCUT2D eigenvalue weighted by molar-refractivity contribution is 0.408.